The Kier molecular flexibility index (Phi) is 7.57. The van der Waals surface area contributed by atoms with Gasteiger partial charge >= 0.3 is 0 Å². The molecule has 0 saturated heterocycles. The number of aryl methyl sites for hydroxylation is 1. The normalized spacial score (nSPS) is 10.9. The average molecular weight is 426 g/mol. The molecule has 0 amide bonds. The van der Waals surface area contributed by atoms with Gasteiger partial charge in [0.1, 0.15) is 5.82 Å². The van der Waals surface area contributed by atoms with Gasteiger partial charge in [0.15, 0.2) is 5.11 Å². The molecule has 0 atom stereocenters. The van der Waals surface area contributed by atoms with Crippen molar-refractivity contribution in [2.75, 3.05) is 6.54 Å². The molecule has 0 spiro atoms. The number of halogens is 1. The Morgan fingerprint density at radius 2 is 1.80 bits per heavy atom. The van der Waals surface area contributed by atoms with Crippen molar-refractivity contribution in [1.82, 2.24) is 15.2 Å². The number of rotatable bonds is 8. The van der Waals surface area contributed by atoms with Gasteiger partial charge in [-0.1, -0.05) is 38.5 Å². The molecule has 30 heavy (non-hydrogen) atoms. The lowest BCUT2D eigenvalue weighted by Crippen LogP contribution is -2.40. The number of hydrogen-bond acceptors (Lipinski definition) is 2. The molecule has 0 fully saturated rings. The molecule has 3 rings (SSSR count). The van der Waals surface area contributed by atoms with E-state index in [-0.39, 0.29) is 11.4 Å². The van der Waals surface area contributed by atoms with Crippen molar-refractivity contribution in [3.63, 3.8) is 0 Å². The molecule has 0 aliphatic rings. The van der Waals surface area contributed by atoms with Gasteiger partial charge in [-0.2, -0.15) is 0 Å². The van der Waals surface area contributed by atoms with Crippen molar-refractivity contribution in [3.05, 3.63) is 81.4 Å². The van der Waals surface area contributed by atoms with E-state index in [1.807, 2.05) is 23.1 Å². The Bertz CT molecular complexity index is 1060. The largest absolute Gasteiger partial charge is 0.363 e. The van der Waals surface area contributed by atoms with E-state index in [4.69, 9.17) is 12.2 Å². The van der Waals surface area contributed by atoms with Gasteiger partial charge in [-0.05, 0) is 71.9 Å². The first-order valence-corrected chi connectivity index (χ1v) is 10.8. The minimum atomic E-state index is -0.272. The summed E-state index contributed by atoms with van der Waals surface area (Å²) in [5, 5.41) is 4.88. The van der Waals surface area contributed by atoms with Crippen LogP contribution in [0.15, 0.2) is 53.3 Å². The molecule has 2 aromatic carbocycles. The molecule has 0 radical (unpaired) electrons. The Hall–Kier alpha value is -2.73. The minimum Gasteiger partial charge on any atom is -0.363 e. The van der Waals surface area contributed by atoms with Gasteiger partial charge in [0.2, 0.25) is 0 Å². The number of thiocarbonyl (C=S) groups is 1. The van der Waals surface area contributed by atoms with Crippen molar-refractivity contribution in [1.29, 1.82) is 0 Å². The molecular formula is C24H28FN3OS. The van der Waals surface area contributed by atoms with Crippen molar-refractivity contribution in [2.24, 2.45) is 0 Å². The lowest BCUT2D eigenvalue weighted by Gasteiger charge is -2.26. The lowest BCUT2D eigenvalue weighted by atomic mass is 10.1. The summed E-state index contributed by atoms with van der Waals surface area (Å²) in [5.74, 6) is -0.272. The predicted molar refractivity (Wildman–Crippen MR) is 125 cm³/mol. The smallest absolute Gasteiger partial charge is 0.253 e. The molecular weight excluding hydrogens is 397 g/mol. The van der Waals surface area contributed by atoms with E-state index in [9.17, 15) is 9.18 Å². The number of hydrogen-bond donors (Lipinski definition) is 2. The maximum atomic E-state index is 13.3. The Balaban J connectivity index is 1.88. The van der Waals surface area contributed by atoms with Crippen LogP contribution in [0.3, 0.4) is 0 Å². The lowest BCUT2D eigenvalue weighted by molar-refractivity contribution is 0.397. The molecule has 0 aliphatic heterocycles. The van der Waals surface area contributed by atoms with Crippen LogP contribution < -0.4 is 10.9 Å². The molecule has 0 aliphatic carbocycles. The summed E-state index contributed by atoms with van der Waals surface area (Å²) in [5.41, 5.74) is 3.52. The van der Waals surface area contributed by atoms with E-state index in [0.29, 0.717) is 23.8 Å². The van der Waals surface area contributed by atoms with E-state index in [2.05, 4.69) is 30.2 Å². The van der Waals surface area contributed by atoms with Crippen LogP contribution in [0, 0.1) is 5.82 Å². The first kappa shape index (κ1) is 22.0. The Morgan fingerprint density at radius 3 is 2.50 bits per heavy atom. The Morgan fingerprint density at radius 1 is 1.07 bits per heavy atom. The number of aromatic nitrogens is 1. The van der Waals surface area contributed by atoms with E-state index in [1.165, 1.54) is 17.7 Å². The number of pyridine rings is 1. The topological polar surface area (TPSA) is 48.1 Å². The van der Waals surface area contributed by atoms with Crippen molar-refractivity contribution in [2.45, 2.75) is 46.2 Å². The van der Waals surface area contributed by atoms with E-state index in [1.54, 1.807) is 12.1 Å². The fourth-order valence-electron chi connectivity index (χ4n) is 3.34. The van der Waals surface area contributed by atoms with E-state index < -0.39 is 0 Å². The summed E-state index contributed by atoms with van der Waals surface area (Å²) >= 11 is 5.62. The number of nitrogens with one attached hydrogen (secondary N) is 2. The summed E-state index contributed by atoms with van der Waals surface area (Å²) in [4.78, 5) is 17.6. The maximum Gasteiger partial charge on any atom is 0.253 e. The third kappa shape index (κ3) is 5.66. The number of H-pyrrole nitrogens is 1. The van der Waals surface area contributed by atoms with Gasteiger partial charge in [0, 0.05) is 24.2 Å². The van der Waals surface area contributed by atoms with Crippen LogP contribution in [0.2, 0.25) is 0 Å². The third-order valence-corrected chi connectivity index (χ3v) is 5.54. The maximum absolute atomic E-state index is 13.3. The molecule has 3 aromatic rings. The van der Waals surface area contributed by atoms with Gasteiger partial charge in [-0.25, -0.2) is 4.39 Å². The number of fused-ring (bicyclic) bond motifs is 1. The van der Waals surface area contributed by atoms with Gasteiger partial charge in [-0.15, -0.1) is 0 Å². The van der Waals surface area contributed by atoms with Gasteiger partial charge in [0.05, 0.1) is 6.54 Å². The molecule has 0 unspecified atom stereocenters. The number of nitrogens with zero attached hydrogens (tertiary/aromatic N) is 1. The summed E-state index contributed by atoms with van der Waals surface area (Å²) in [6.07, 6.45) is 3.02. The molecule has 1 aromatic heterocycles. The summed E-state index contributed by atoms with van der Waals surface area (Å²) in [6.45, 7) is 5.88. The summed E-state index contributed by atoms with van der Waals surface area (Å²) < 4.78 is 13.3. The first-order valence-electron chi connectivity index (χ1n) is 10.4. The quantitative estimate of drug-likeness (QED) is 0.398. The molecule has 4 nitrogen and oxygen atoms in total. The Labute approximate surface area is 182 Å². The number of unbranched alkanes of at least 4 members (excludes halogenated alkanes) is 1. The summed E-state index contributed by atoms with van der Waals surface area (Å²) in [7, 11) is 0. The van der Waals surface area contributed by atoms with Gasteiger partial charge < -0.3 is 15.2 Å². The van der Waals surface area contributed by atoms with Crippen LogP contribution >= 0.6 is 12.2 Å². The molecule has 2 N–H and O–H groups in total. The van der Waals surface area contributed by atoms with Gasteiger partial charge in [-0.3, -0.25) is 4.79 Å². The summed E-state index contributed by atoms with van der Waals surface area (Å²) in [6, 6.07) is 14.4. The number of aromatic amines is 1. The third-order valence-electron chi connectivity index (χ3n) is 5.14. The van der Waals surface area contributed by atoms with Crippen LogP contribution in [0.5, 0.6) is 0 Å². The SMILES string of the molecule is CCCCNC(=S)N(Cc1ccc(F)cc1)Cc1cc2cc(CC)ccc2[nH]c1=O. The second kappa shape index (κ2) is 10.3. The molecule has 6 heteroatoms. The predicted octanol–water partition coefficient (Wildman–Crippen LogP) is 4.91. The highest BCUT2D eigenvalue weighted by molar-refractivity contribution is 7.80. The van der Waals surface area contributed by atoms with E-state index >= 15 is 0 Å². The number of benzene rings is 2. The fourth-order valence-corrected chi connectivity index (χ4v) is 3.57. The van der Waals surface area contributed by atoms with Crippen LogP contribution in [-0.4, -0.2) is 21.5 Å². The van der Waals surface area contributed by atoms with E-state index in [0.717, 1.165) is 42.3 Å². The zero-order chi connectivity index (χ0) is 21.5. The fraction of sp³-hybridized carbons (Fsp3) is 0.333. The highest BCUT2D eigenvalue weighted by atomic mass is 32.1. The second-order valence-corrected chi connectivity index (χ2v) is 7.85. The van der Waals surface area contributed by atoms with Crippen LogP contribution in [0.25, 0.3) is 10.9 Å². The van der Waals surface area contributed by atoms with Crippen LogP contribution in [0.4, 0.5) is 4.39 Å². The standard InChI is InChI=1S/C24H28FN3OS/c1-3-5-12-26-24(30)28(15-18-6-9-21(25)10-7-18)16-20-14-19-13-17(4-2)8-11-22(19)27-23(20)29/h6-11,13-14H,3-5,12,15-16H2,1-2H3,(H,26,30)(H,27,29). The monoisotopic (exact) mass is 425 g/mol. The second-order valence-electron chi connectivity index (χ2n) is 7.47. The minimum absolute atomic E-state index is 0.118. The molecule has 1 heterocycles. The van der Waals surface area contributed by atoms with Crippen molar-refractivity contribution >= 4 is 28.2 Å². The van der Waals surface area contributed by atoms with Gasteiger partial charge in [0.25, 0.3) is 5.56 Å². The zero-order valence-electron chi connectivity index (χ0n) is 17.5. The van der Waals surface area contributed by atoms with Crippen molar-refractivity contribution < 1.29 is 4.39 Å². The molecule has 0 bridgehead atoms. The molecule has 158 valence electrons. The van der Waals surface area contributed by atoms with Crippen molar-refractivity contribution in [3.8, 4) is 0 Å². The first-order chi connectivity index (χ1) is 14.5. The van der Waals surface area contributed by atoms with Crippen LogP contribution in [0.1, 0.15) is 43.4 Å². The average Bonchev–Trinajstić information content (AvgIpc) is 2.75. The zero-order valence-corrected chi connectivity index (χ0v) is 18.3. The van der Waals surface area contributed by atoms with Crippen LogP contribution in [-0.2, 0) is 19.5 Å². The highest BCUT2D eigenvalue weighted by Gasteiger charge is 2.14. The molecule has 0 saturated carbocycles. The highest BCUT2D eigenvalue weighted by Crippen LogP contribution is 2.16.